The highest BCUT2D eigenvalue weighted by molar-refractivity contribution is 5.85. The smallest absolute Gasteiger partial charge is 0.0457 e. The fourth-order valence-corrected chi connectivity index (χ4v) is 2.45. The van der Waals surface area contributed by atoms with Gasteiger partial charge in [-0.1, -0.05) is 18.6 Å². The summed E-state index contributed by atoms with van der Waals surface area (Å²) in [5.41, 5.74) is 8.81. The number of nitrogens with two attached hydrogens (primary N) is 1. The van der Waals surface area contributed by atoms with Gasteiger partial charge in [-0.05, 0) is 36.5 Å². The van der Waals surface area contributed by atoms with E-state index in [2.05, 4.69) is 29.2 Å². The minimum atomic E-state index is 0. The summed E-state index contributed by atoms with van der Waals surface area (Å²) in [5, 5.41) is 1.29. The summed E-state index contributed by atoms with van der Waals surface area (Å²) in [7, 11) is 0. The Morgan fingerprint density at radius 1 is 1.25 bits per heavy atom. The molecule has 16 heavy (non-hydrogen) atoms. The second kappa shape index (κ2) is 4.48. The van der Waals surface area contributed by atoms with Crippen LogP contribution in [0, 0.1) is 5.92 Å². The van der Waals surface area contributed by atoms with E-state index in [1.54, 1.807) is 0 Å². The number of hydrogen-bond acceptors (Lipinski definition) is 1. The Morgan fingerprint density at radius 2 is 2.06 bits per heavy atom. The van der Waals surface area contributed by atoms with Crippen molar-refractivity contribution in [3.05, 3.63) is 36.0 Å². The Kier molecular flexibility index (Phi) is 3.22. The van der Waals surface area contributed by atoms with Crippen molar-refractivity contribution >= 4 is 23.3 Å². The number of benzene rings is 1. The Bertz CT molecular complexity index is 473. The Morgan fingerprint density at radius 3 is 2.75 bits per heavy atom. The number of fused-ring (bicyclic) bond motifs is 1. The van der Waals surface area contributed by atoms with Gasteiger partial charge in [0.05, 0.1) is 0 Å². The van der Waals surface area contributed by atoms with Gasteiger partial charge in [0.2, 0.25) is 0 Å². The maximum atomic E-state index is 6.31. The largest absolute Gasteiger partial charge is 0.361 e. The zero-order chi connectivity index (χ0) is 10.3. The van der Waals surface area contributed by atoms with Crippen molar-refractivity contribution in [2.45, 2.75) is 25.3 Å². The molecular formula is C13H17ClN2. The van der Waals surface area contributed by atoms with E-state index in [-0.39, 0.29) is 18.4 Å². The quantitative estimate of drug-likeness (QED) is 0.825. The van der Waals surface area contributed by atoms with Crippen molar-refractivity contribution in [2.24, 2.45) is 11.7 Å². The predicted molar refractivity (Wildman–Crippen MR) is 69.8 cm³/mol. The summed E-state index contributed by atoms with van der Waals surface area (Å²) in [4.78, 5) is 3.23. The third kappa shape index (κ3) is 1.72. The van der Waals surface area contributed by atoms with Crippen LogP contribution in [0.5, 0.6) is 0 Å². The molecule has 1 fully saturated rings. The molecule has 0 spiro atoms. The number of halogens is 1. The molecule has 3 heteroatoms. The van der Waals surface area contributed by atoms with E-state index in [1.807, 2.05) is 6.20 Å². The second-order valence-electron chi connectivity index (χ2n) is 4.50. The first-order valence-electron chi connectivity index (χ1n) is 5.68. The number of aromatic amines is 1. The lowest BCUT2D eigenvalue weighted by Gasteiger charge is -2.31. The molecule has 1 aromatic carbocycles. The maximum Gasteiger partial charge on any atom is 0.0457 e. The van der Waals surface area contributed by atoms with Crippen LogP contribution in [0.3, 0.4) is 0 Å². The van der Waals surface area contributed by atoms with Crippen LogP contribution in [-0.4, -0.2) is 4.98 Å². The molecule has 0 unspecified atom stereocenters. The molecule has 1 atom stereocenters. The minimum absolute atomic E-state index is 0. The molecule has 0 amide bonds. The molecule has 1 heterocycles. The van der Waals surface area contributed by atoms with Crippen LogP contribution in [-0.2, 0) is 0 Å². The number of aromatic nitrogens is 1. The molecule has 0 bridgehead atoms. The van der Waals surface area contributed by atoms with Crippen molar-refractivity contribution in [1.82, 2.24) is 4.98 Å². The Labute approximate surface area is 102 Å². The summed E-state index contributed by atoms with van der Waals surface area (Å²) >= 11 is 0. The van der Waals surface area contributed by atoms with Crippen molar-refractivity contribution < 1.29 is 0 Å². The van der Waals surface area contributed by atoms with Gasteiger partial charge < -0.3 is 10.7 Å². The Balaban J connectivity index is 0.000000963. The summed E-state index contributed by atoms with van der Waals surface area (Å²) in [6.07, 6.45) is 5.92. The molecule has 0 radical (unpaired) electrons. The predicted octanol–water partition coefficient (Wildman–Crippen LogP) is 3.39. The fourth-order valence-electron chi connectivity index (χ4n) is 2.45. The molecule has 0 aliphatic heterocycles. The normalized spacial score (nSPS) is 17.8. The van der Waals surface area contributed by atoms with E-state index in [1.165, 1.54) is 35.7 Å². The van der Waals surface area contributed by atoms with Crippen LogP contribution in [0.2, 0.25) is 0 Å². The van der Waals surface area contributed by atoms with E-state index < -0.39 is 0 Å². The highest BCUT2D eigenvalue weighted by atomic mass is 35.5. The monoisotopic (exact) mass is 236 g/mol. The third-order valence-electron chi connectivity index (χ3n) is 3.65. The van der Waals surface area contributed by atoms with Crippen molar-refractivity contribution in [2.75, 3.05) is 0 Å². The fraction of sp³-hybridized carbons (Fsp3) is 0.385. The van der Waals surface area contributed by atoms with Crippen LogP contribution < -0.4 is 5.73 Å². The molecule has 1 aromatic heterocycles. The van der Waals surface area contributed by atoms with Gasteiger partial charge in [-0.25, -0.2) is 0 Å². The molecule has 2 nitrogen and oxygen atoms in total. The van der Waals surface area contributed by atoms with Gasteiger partial charge in [0, 0.05) is 23.1 Å². The highest BCUT2D eigenvalue weighted by Crippen LogP contribution is 2.38. The average Bonchev–Trinajstić information content (AvgIpc) is 2.61. The van der Waals surface area contributed by atoms with Crippen molar-refractivity contribution in [3.8, 4) is 0 Å². The maximum absolute atomic E-state index is 6.31. The summed E-state index contributed by atoms with van der Waals surface area (Å²) in [6.45, 7) is 0. The van der Waals surface area contributed by atoms with E-state index in [0.717, 1.165) is 0 Å². The number of H-pyrrole nitrogens is 1. The van der Waals surface area contributed by atoms with Crippen LogP contribution in [0.25, 0.3) is 10.9 Å². The topological polar surface area (TPSA) is 41.8 Å². The van der Waals surface area contributed by atoms with E-state index in [0.29, 0.717) is 5.92 Å². The number of hydrogen-bond donors (Lipinski definition) is 2. The van der Waals surface area contributed by atoms with E-state index in [4.69, 9.17) is 5.73 Å². The third-order valence-corrected chi connectivity index (χ3v) is 3.65. The molecule has 86 valence electrons. The van der Waals surface area contributed by atoms with E-state index >= 15 is 0 Å². The number of rotatable bonds is 2. The van der Waals surface area contributed by atoms with Crippen LogP contribution in [0.1, 0.15) is 30.9 Å². The van der Waals surface area contributed by atoms with E-state index in [9.17, 15) is 0 Å². The minimum Gasteiger partial charge on any atom is -0.361 e. The second-order valence-corrected chi connectivity index (χ2v) is 4.50. The zero-order valence-electron chi connectivity index (χ0n) is 9.15. The van der Waals surface area contributed by atoms with Gasteiger partial charge >= 0.3 is 0 Å². The highest BCUT2D eigenvalue weighted by Gasteiger charge is 2.26. The summed E-state index contributed by atoms with van der Waals surface area (Å²) < 4.78 is 0. The molecule has 1 aliphatic carbocycles. The molecule has 1 aliphatic rings. The van der Waals surface area contributed by atoms with Crippen LogP contribution in [0.15, 0.2) is 30.5 Å². The first-order valence-corrected chi connectivity index (χ1v) is 5.68. The Hall–Kier alpha value is -0.990. The van der Waals surface area contributed by atoms with Gasteiger partial charge in [-0.2, -0.15) is 0 Å². The average molecular weight is 237 g/mol. The van der Waals surface area contributed by atoms with Gasteiger partial charge in [-0.3, -0.25) is 0 Å². The first kappa shape index (κ1) is 11.5. The van der Waals surface area contributed by atoms with Crippen LogP contribution >= 0.6 is 12.4 Å². The van der Waals surface area contributed by atoms with Gasteiger partial charge in [0.25, 0.3) is 0 Å². The van der Waals surface area contributed by atoms with Crippen LogP contribution in [0.4, 0.5) is 0 Å². The summed E-state index contributed by atoms with van der Waals surface area (Å²) in [5.74, 6) is 0.700. The van der Waals surface area contributed by atoms with Gasteiger partial charge in [0.15, 0.2) is 0 Å². The standard InChI is InChI=1S/C13H16N2.ClH/c14-13(9-3-1-4-9)11-5-2-6-12-10(11)7-8-15-12;/h2,5-9,13,15H,1,3-4,14H2;1H/t13-;/m1./s1. The lowest BCUT2D eigenvalue weighted by Crippen LogP contribution is -2.26. The lowest BCUT2D eigenvalue weighted by molar-refractivity contribution is 0.265. The molecule has 2 aromatic rings. The van der Waals surface area contributed by atoms with Crippen molar-refractivity contribution in [3.63, 3.8) is 0 Å². The molecule has 0 saturated heterocycles. The molecule has 3 N–H and O–H groups in total. The lowest BCUT2D eigenvalue weighted by atomic mass is 9.77. The molecule has 3 rings (SSSR count). The summed E-state index contributed by atoms with van der Waals surface area (Å²) in [6, 6.07) is 8.71. The SMILES string of the molecule is Cl.N[C@@H](c1cccc2[nH]ccc12)C1CCC1. The number of nitrogens with one attached hydrogen (secondary N) is 1. The molecule has 1 saturated carbocycles. The zero-order valence-corrected chi connectivity index (χ0v) is 9.96. The van der Waals surface area contributed by atoms with Crippen molar-refractivity contribution in [1.29, 1.82) is 0 Å². The van der Waals surface area contributed by atoms with Gasteiger partial charge in [0.1, 0.15) is 0 Å². The molecular weight excluding hydrogens is 220 g/mol. The van der Waals surface area contributed by atoms with Gasteiger partial charge in [-0.15, -0.1) is 12.4 Å². The first-order chi connectivity index (χ1) is 7.36.